The van der Waals surface area contributed by atoms with Crippen LogP contribution < -0.4 is 4.90 Å². The molecule has 0 atom stereocenters. The summed E-state index contributed by atoms with van der Waals surface area (Å²) in [4.78, 5) is 19.6. The van der Waals surface area contributed by atoms with Gasteiger partial charge in [0.2, 0.25) is 5.82 Å². The summed E-state index contributed by atoms with van der Waals surface area (Å²) in [5.41, 5.74) is 1.94. The Balaban J connectivity index is 1.71. The molecule has 1 saturated heterocycles. The van der Waals surface area contributed by atoms with Crippen LogP contribution in [0.1, 0.15) is 18.2 Å². The predicted octanol–water partition coefficient (Wildman–Crippen LogP) is 1.61. The first-order valence-corrected chi connectivity index (χ1v) is 8.16. The molecule has 0 aliphatic carbocycles. The molecular formula is C16H22N6O2. The first-order chi connectivity index (χ1) is 11.6. The maximum atomic E-state index is 11.5. The zero-order valence-corrected chi connectivity index (χ0v) is 14.1. The molecule has 1 aliphatic rings. The Hall–Kier alpha value is -2.48. The third-order valence-electron chi connectivity index (χ3n) is 4.41. The minimum atomic E-state index is -0.301. The van der Waals surface area contributed by atoms with Crippen molar-refractivity contribution < 1.29 is 4.92 Å². The zero-order chi connectivity index (χ0) is 17.1. The third kappa shape index (κ3) is 3.23. The highest BCUT2D eigenvalue weighted by molar-refractivity contribution is 5.61. The first-order valence-electron chi connectivity index (χ1n) is 8.16. The highest BCUT2D eigenvalue weighted by atomic mass is 16.6. The number of pyridine rings is 1. The van der Waals surface area contributed by atoms with Crippen molar-refractivity contribution >= 4 is 11.5 Å². The molecule has 2 aromatic rings. The van der Waals surface area contributed by atoms with E-state index in [1.54, 1.807) is 24.1 Å². The molecule has 24 heavy (non-hydrogen) atoms. The summed E-state index contributed by atoms with van der Waals surface area (Å²) in [5, 5.41) is 15.8. The minimum absolute atomic E-state index is 0.155. The molecule has 1 aliphatic heterocycles. The van der Waals surface area contributed by atoms with Crippen LogP contribution in [0.3, 0.4) is 0 Å². The average molecular weight is 330 g/mol. The Labute approximate surface area is 140 Å². The van der Waals surface area contributed by atoms with Crippen molar-refractivity contribution in [3.63, 3.8) is 0 Å². The Morgan fingerprint density at radius 3 is 2.46 bits per heavy atom. The molecule has 0 saturated carbocycles. The predicted molar refractivity (Wildman–Crippen MR) is 91.0 cm³/mol. The molecule has 0 unspecified atom stereocenters. The number of nitrogens with zero attached hydrogens (tertiary/aromatic N) is 6. The van der Waals surface area contributed by atoms with Gasteiger partial charge in [-0.3, -0.25) is 20.0 Å². The van der Waals surface area contributed by atoms with Crippen molar-refractivity contribution in [3.05, 3.63) is 45.9 Å². The number of hydrogen-bond acceptors (Lipinski definition) is 6. The SMILES string of the molecule is CCc1nn(C)c(N2CCN(Cc3ccncc3)CC2)c1[N+](=O)[O-]. The lowest BCUT2D eigenvalue weighted by atomic mass is 10.2. The van der Waals surface area contributed by atoms with E-state index in [0.717, 1.165) is 32.7 Å². The second kappa shape index (κ2) is 6.96. The maximum Gasteiger partial charge on any atom is 0.334 e. The third-order valence-corrected chi connectivity index (χ3v) is 4.41. The molecule has 3 rings (SSSR count). The van der Waals surface area contributed by atoms with Crippen molar-refractivity contribution in [1.29, 1.82) is 0 Å². The van der Waals surface area contributed by atoms with Gasteiger partial charge in [-0.2, -0.15) is 5.10 Å². The molecule has 2 aromatic heterocycles. The molecule has 8 heteroatoms. The molecule has 128 valence electrons. The normalized spacial score (nSPS) is 15.7. The van der Waals surface area contributed by atoms with Gasteiger partial charge in [-0.1, -0.05) is 6.92 Å². The van der Waals surface area contributed by atoms with E-state index in [9.17, 15) is 10.1 Å². The second-order valence-electron chi connectivity index (χ2n) is 5.97. The molecule has 0 amide bonds. The van der Waals surface area contributed by atoms with Gasteiger partial charge in [-0.15, -0.1) is 0 Å². The molecule has 1 fully saturated rings. The van der Waals surface area contributed by atoms with Crippen LogP contribution in [0, 0.1) is 10.1 Å². The van der Waals surface area contributed by atoms with Gasteiger partial charge in [0.15, 0.2) is 0 Å². The topological polar surface area (TPSA) is 80.3 Å². The summed E-state index contributed by atoms with van der Waals surface area (Å²) in [5.74, 6) is 0.625. The van der Waals surface area contributed by atoms with Gasteiger partial charge in [-0.25, -0.2) is 4.68 Å². The van der Waals surface area contributed by atoms with Crippen molar-refractivity contribution in [3.8, 4) is 0 Å². The fourth-order valence-electron chi connectivity index (χ4n) is 3.20. The smallest absolute Gasteiger partial charge is 0.334 e. The molecule has 0 radical (unpaired) electrons. The van der Waals surface area contributed by atoms with E-state index >= 15 is 0 Å². The fourth-order valence-corrected chi connectivity index (χ4v) is 3.20. The number of aromatic nitrogens is 3. The van der Waals surface area contributed by atoms with Gasteiger partial charge in [0, 0.05) is 52.2 Å². The average Bonchev–Trinajstić information content (AvgIpc) is 2.93. The quantitative estimate of drug-likeness (QED) is 0.612. The van der Waals surface area contributed by atoms with Crippen LogP contribution in [0.5, 0.6) is 0 Å². The fraction of sp³-hybridized carbons (Fsp3) is 0.500. The largest absolute Gasteiger partial charge is 0.349 e. The lowest BCUT2D eigenvalue weighted by Gasteiger charge is -2.35. The molecule has 3 heterocycles. The number of piperazine rings is 1. The van der Waals surface area contributed by atoms with Crippen LogP contribution in [0.25, 0.3) is 0 Å². The zero-order valence-electron chi connectivity index (χ0n) is 14.1. The number of rotatable bonds is 5. The van der Waals surface area contributed by atoms with Crippen LogP contribution in [0.15, 0.2) is 24.5 Å². The maximum absolute atomic E-state index is 11.5. The minimum Gasteiger partial charge on any atom is -0.349 e. The Morgan fingerprint density at radius 1 is 1.21 bits per heavy atom. The van der Waals surface area contributed by atoms with E-state index in [1.165, 1.54) is 5.56 Å². The Morgan fingerprint density at radius 2 is 1.88 bits per heavy atom. The number of anilines is 1. The van der Waals surface area contributed by atoms with Gasteiger partial charge in [0.1, 0.15) is 5.69 Å². The van der Waals surface area contributed by atoms with E-state index in [1.807, 2.05) is 19.1 Å². The first kappa shape index (κ1) is 16.4. The number of aryl methyl sites for hydroxylation is 2. The van der Waals surface area contributed by atoms with Gasteiger partial charge < -0.3 is 4.90 Å². The summed E-state index contributed by atoms with van der Waals surface area (Å²) >= 11 is 0. The lowest BCUT2D eigenvalue weighted by molar-refractivity contribution is -0.384. The molecule has 0 bridgehead atoms. The monoisotopic (exact) mass is 330 g/mol. The summed E-state index contributed by atoms with van der Waals surface area (Å²) in [6.07, 6.45) is 4.17. The second-order valence-corrected chi connectivity index (χ2v) is 5.97. The lowest BCUT2D eigenvalue weighted by Crippen LogP contribution is -2.46. The van der Waals surface area contributed by atoms with Crippen molar-refractivity contribution in [1.82, 2.24) is 19.7 Å². The summed E-state index contributed by atoms with van der Waals surface area (Å²) in [7, 11) is 1.78. The van der Waals surface area contributed by atoms with Crippen LogP contribution in [-0.4, -0.2) is 50.8 Å². The highest BCUT2D eigenvalue weighted by Gasteiger charge is 2.31. The Kier molecular flexibility index (Phi) is 4.75. The molecular weight excluding hydrogens is 308 g/mol. The van der Waals surface area contributed by atoms with Crippen molar-refractivity contribution in [2.45, 2.75) is 19.9 Å². The van der Waals surface area contributed by atoms with E-state index in [2.05, 4.69) is 19.9 Å². The summed E-state index contributed by atoms with van der Waals surface area (Å²) in [6, 6.07) is 4.04. The molecule has 8 nitrogen and oxygen atoms in total. The van der Waals surface area contributed by atoms with E-state index in [4.69, 9.17) is 0 Å². The van der Waals surface area contributed by atoms with E-state index in [0.29, 0.717) is 17.9 Å². The van der Waals surface area contributed by atoms with Crippen LogP contribution in [-0.2, 0) is 20.0 Å². The number of hydrogen-bond donors (Lipinski definition) is 0. The van der Waals surface area contributed by atoms with Gasteiger partial charge >= 0.3 is 5.69 Å². The van der Waals surface area contributed by atoms with Gasteiger partial charge in [0.05, 0.1) is 4.92 Å². The molecule has 0 spiro atoms. The number of nitro groups is 1. The summed E-state index contributed by atoms with van der Waals surface area (Å²) < 4.78 is 1.65. The standard InChI is InChI=1S/C16H22N6O2/c1-3-14-15(22(23)24)16(19(2)18-14)21-10-8-20(9-11-21)12-13-4-6-17-7-5-13/h4-7H,3,8-12H2,1-2H3. The highest BCUT2D eigenvalue weighted by Crippen LogP contribution is 2.32. The van der Waals surface area contributed by atoms with Crippen molar-refractivity contribution in [2.75, 3.05) is 31.1 Å². The molecule has 0 N–H and O–H groups in total. The van der Waals surface area contributed by atoms with Crippen LogP contribution >= 0.6 is 0 Å². The van der Waals surface area contributed by atoms with E-state index < -0.39 is 0 Å². The Bertz CT molecular complexity index is 707. The van der Waals surface area contributed by atoms with Gasteiger partial charge in [-0.05, 0) is 24.1 Å². The molecule has 0 aromatic carbocycles. The van der Waals surface area contributed by atoms with Crippen molar-refractivity contribution in [2.24, 2.45) is 7.05 Å². The summed E-state index contributed by atoms with van der Waals surface area (Å²) in [6.45, 7) is 6.03. The van der Waals surface area contributed by atoms with Crippen LogP contribution in [0.4, 0.5) is 11.5 Å². The van der Waals surface area contributed by atoms with Crippen LogP contribution in [0.2, 0.25) is 0 Å². The van der Waals surface area contributed by atoms with E-state index in [-0.39, 0.29) is 10.6 Å². The van der Waals surface area contributed by atoms with Gasteiger partial charge in [0.25, 0.3) is 0 Å².